The highest BCUT2D eigenvalue weighted by atomic mass is 16.5. The van der Waals surface area contributed by atoms with Gasteiger partial charge in [0.05, 0.1) is 7.11 Å². The second-order valence-corrected chi connectivity index (χ2v) is 5.17. The molecule has 0 fully saturated rings. The summed E-state index contributed by atoms with van der Waals surface area (Å²) >= 11 is 0. The topological polar surface area (TPSA) is 9.23 Å². The van der Waals surface area contributed by atoms with E-state index in [4.69, 9.17) is 4.74 Å². The summed E-state index contributed by atoms with van der Waals surface area (Å²) in [6.45, 7) is 0. The van der Waals surface area contributed by atoms with Gasteiger partial charge in [-0.1, -0.05) is 60.2 Å². The monoisotopic (exact) mass is 275 g/mol. The first-order valence-electron chi connectivity index (χ1n) is 7.28. The second kappa shape index (κ2) is 6.45. The van der Waals surface area contributed by atoms with Gasteiger partial charge in [0.2, 0.25) is 0 Å². The van der Waals surface area contributed by atoms with Crippen LogP contribution < -0.4 is 0 Å². The lowest BCUT2D eigenvalue weighted by atomic mass is 9.91. The van der Waals surface area contributed by atoms with Gasteiger partial charge in [-0.3, -0.25) is 0 Å². The van der Waals surface area contributed by atoms with Gasteiger partial charge in [0.1, 0.15) is 5.76 Å². The van der Waals surface area contributed by atoms with Crippen molar-refractivity contribution in [3.8, 4) is 11.1 Å². The minimum Gasteiger partial charge on any atom is -0.497 e. The molecule has 105 valence electrons. The molecule has 0 aliphatic heterocycles. The number of hydrogen-bond acceptors (Lipinski definition) is 1. The van der Waals surface area contributed by atoms with E-state index >= 15 is 0 Å². The molecule has 0 aromatic heterocycles. The predicted molar refractivity (Wildman–Crippen MR) is 87.7 cm³/mol. The summed E-state index contributed by atoms with van der Waals surface area (Å²) in [5, 5.41) is 0. The molecule has 0 unspecified atom stereocenters. The van der Waals surface area contributed by atoms with Gasteiger partial charge < -0.3 is 4.74 Å². The summed E-state index contributed by atoms with van der Waals surface area (Å²) in [5.41, 5.74) is 5.24. The van der Waals surface area contributed by atoms with Gasteiger partial charge in [-0.25, -0.2) is 0 Å². The van der Waals surface area contributed by atoms with E-state index in [0.29, 0.717) is 0 Å². The molecule has 0 amide bonds. The second-order valence-electron chi connectivity index (χ2n) is 5.17. The predicted octanol–water partition coefficient (Wildman–Crippen LogP) is 4.96. The lowest BCUT2D eigenvalue weighted by Crippen LogP contribution is -2.00. The molecule has 21 heavy (non-hydrogen) atoms. The Morgan fingerprint density at radius 2 is 1.71 bits per heavy atom. The molecule has 1 radical (unpaired) electrons. The van der Waals surface area contributed by atoms with Crippen molar-refractivity contribution in [2.24, 2.45) is 0 Å². The van der Waals surface area contributed by atoms with Crippen LogP contribution in [0.1, 0.15) is 12.0 Å². The summed E-state index contributed by atoms with van der Waals surface area (Å²) in [6.07, 6.45) is 8.39. The Kier molecular flexibility index (Phi) is 4.20. The average Bonchev–Trinajstić information content (AvgIpc) is 2.56. The van der Waals surface area contributed by atoms with E-state index < -0.39 is 0 Å². The van der Waals surface area contributed by atoms with Crippen LogP contribution in [0.5, 0.6) is 0 Å². The normalized spacial score (nSPS) is 14.3. The van der Waals surface area contributed by atoms with Crippen LogP contribution in [0.25, 0.3) is 11.1 Å². The number of rotatable bonds is 4. The van der Waals surface area contributed by atoms with Gasteiger partial charge in [0, 0.05) is 0 Å². The zero-order chi connectivity index (χ0) is 14.5. The molecule has 0 N–H and O–H groups in total. The summed E-state index contributed by atoms with van der Waals surface area (Å²) in [4.78, 5) is 0. The third kappa shape index (κ3) is 3.25. The highest BCUT2D eigenvalue weighted by Gasteiger charge is 2.10. The van der Waals surface area contributed by atoms with Crippen LogP contribution in [0, 0.1) is 6.42 Å². The number of hydrogen-bond donors (Lipinski definition) is 0. The van der Waals surface area contributed by atoms with Crippen molar-refractivity contribution in [1.82, 2.24) is 0 Å². The maximum atomic E-state index is 5.34. The fourth-order valence-electron chi connectivity index (χ4n) is 2.69. The Balaban J connectivity index is 1.90. The minimum atomic E-state index is 0.936. The summed E-state index contributed by atoms with van der Waals surface area (Å²) in [5.74, 6) is 0.963. The molecule has 1 aliphatic rings. The quantitative estimate of drug-likeness (QED) is 0.766. The van der Waals surface area contributed by atoms with Crippen LogP contribution in [0.15, 0.2) is 78.1 Å². The number of ether oxygens (including phenoxy) is 1. The van der Waals surface area contributed by atoms with Crippen LogP contribution in [0.2, 0.25) is 0 Å². The van der Waals surface area contributed by atoms with Gasteiger partial charge in [-0.2, -0.15) is 0 Å². The van der Waals surface area contributed by atoms with Crippen molar-refractivity contribution in [3.05, 3.63) is 90.1 Å². The molecule has 1 nitrogen and oxygen atoms in total. The van der Waals surface area contributed by atoms with E-state index in [-0.39, 0.29) is 0 Å². The van der Waals surface area contributed by atoms with E-state index in [9.17, 15) is 0 Å². The molecule has 2 aromatic rings. The van der Waals surface area contributed by atoms with Crippen molar-refractivity contribution in [3.63, 3.8) is 0 Å². The highest BCUT2D eigenvalue weighted by Crippen LogP contribution is 2.28. The zero-order valence-corrected chi connectivity index (χ0v) is 12.3. The van der Waals surface area contributed by atoms with Gasteiger partial charge in [-0.05, 0) is 48.1 Å². The molecule has 0 saturated heterocycles. The van der Waals surface area contributed by atoms with Gasteiger partial charge in [0.25, 0.3) is 0 Å². The maximum Gasteiger partial charge on any atom is 0.114 e. The molecule has 0 atom stereocenters. The van der Waals surface area contributed by atoms with Crippen LogP contribution >= 0.6 is 0 Å². The Bertz CT molecular complexity index is 665. The van der Waals surface area contributed by atoms with Crippen molar-refractivity contribution in [2.45, 2.75) is 12.8 Å². The Hall–Kier alpha value is -2.28. The van der Waals surface area contributed by atoms with Crippen molar-refractivity contribution in [2.75, 3.05) is 7.11 Å². The fraction of sp³-hybridized carbons (Fsp3) is 0.150. The number of allylic oxidation sites excluding steroid dienone is 3. The molecule has 3 rings (SSSR count). The average molecular weight is 275 g/mol. The van der Waals surface area contributed by atoms with Crippen LogP contribution in [0.3, 0.4) is 0 Å². The minimum absolute atomic E-state index is 0.936. The first-order chi connectivity index (χ1) is 10.4. The maximum absolute atomic E-state index is 5.34. The molecular weight excluding hydrogens is 256 g/mol. The van der Waals surface area contributed by atoms with Crippen molar-refractivity contribution < 1.29 is 4.74 Å². The van der Waals surface area contributed by atoms with Gasteiger partial charge >= 0.3 is 0 Å². The van der Waals surface area contributed by atoms with Crippen molar-refractivity contribution >= 4 is 0 Å². The lowest BCUT2D eigenvalue weighted by Gasteiger charge is -2.15. The van der Waals surface area contributed by atoms with E-state index in [2.05, 4.69) is 73.2 Å². The van der Waals surface area contributed by atoms with Gasteiger partial charge in [0.15, 0.2) is 0 Å². The lowest BCUT2D eigenvalue weighted by molar-refractivity contribution is 0.304. The molecule has 1 aliphatic carbocycles. The molecule has 1 heteroatoms. The SMILES string of the molecule is COC1=CC[CH]C(Cc2ccccc2-c2ccccc2)=C1. The smallest absolute Gasteiger partial charge is 0.114 e. The molecule has 0 heterocycles. The standard InChI is InChI=1S/C20H19O/c1-21-19-12-7-8-16(15-19)14-18-11-5-6-13-20(18)17-9-3-2-4-10-17/h2-6,8-13,15H,7,14H2,1H3. The Morgan fingerprint density at radius 1 is 0.952 bits per heavy atom. The third-order valence-electron chi connectivity index (χ3n) is 3.76. The van der Waals surface area contributed by atoms with E-state index in [1.54, 1.807) is 7.11 Å². The Morgan fingerprint density at radius 3 is 2.52 bits per heavy atom. The largest absolute Gasteiger partial charge is 0.497 e. The molecular formula is C20H19O. The van der Waals surface area contributed by atoms with Crippen LogP contribution in [-0.2, 0) is 11.2 Å². The molecule has 0 saturated carbocycles. The first kappa shape index (κ1) is 13.7. The molecule has 2 aromatic carbocycles. The van der Waals surface area contributed by atoms with Crippen LogP contribution in [-0.4, -0.2) is 7.11 Å². The molecule has 0 bridgehead atoms. The van der Waals surface area contributed by atoms with Crippen molar-refractivity contribution in [1.29, 1.82) is 0 Å². The summed E-state index contributed by atoms with van der Waals surface area (Å²) in [6, 6.07) is 19.2. The zero-order valence-electron chi connectivity index (χ0n) is 12.3. The third-order valence-corrected chi connectivity index (χ3v) is 3.76. The number of benzene rings is 2. The van der Waals surface area contributed by atoms with Crippen LogP contribution in [0.4, 0.5) is 0 Å². The highest BCUT2D eigenvalue weighted by molar-refractivity contribution is 5.67. The fourth-order valence-corrected chi connectivity index (χ4v) is 2.69. The summed E-state index contributed by atoms with van der Waals surface area (Å²) in [7, 11) is 1.73. The van der Waals surface area contributed by atoms with E-state index in [1.807, 2.05) is 0 Å². The summed E-state index contributed by atoms with van der Waals surface area (Å²) < 4.78 is 5.34. The van der Waals surface area contributed by atoms with Gasteiger partial charge in [-0.15, -0.1) is 0 Å². The number of methoxy groups -OCH3 is 1. The van der Waals surface area contributed by atoms with E-state index in [0.717, 1.165) is 18.6 Å². The van der Waals surface area contributed by atoms with E-state index in [1.165, 1.54) is 22.3 Å². The first-order valence-corrected chi connectivity index (χ1v) is 7.28. The molecule has 0 spiro atoms. The Labute approximate surface area is 126 Å².